The van der Waals surface area contributed by atoms with Crippen molar-refractivity contribution in [3.05, 3.63) is 48.1 Å². The fourth-order valence-electron chi connectivity index (χ4n) is 2.15. The number of aromatic amines is 1. The average molecular weight is 250 g/mol. The van der Waals surface area contributed by atoms with Crippen LogP contribution in [0.15, 0.2) is 58.1 Å². The summed E-state index contributed by atoms with van der Waals surface area (Å²) < 4.78 is 5.72. The van der Waals surface area contributed by atoms with Gasteiger partial charge in [-0.1, -0.05) is 0 Å². The van der Waals surface area contributed by atoms with Gasteiger partial charge in [0.1, 0.15) is 0 Å². The van der Waals surface area contributed by atoms with Crippen molar-refractivity contribution in [3.8, 4) is 5.88 Å². The molecule has 0 aliphatic carbocycles. The first-order valence-corrected chi connectivity index (χ1v) is 6.00. The number of ether oxygens (including phenoxy) is 1. The molecule has 0 fully saturated rings. The van der Waals surface area contributed by atoms with Crippen molar-refractivity contribution in [2.75, 3.05) is 0 Å². The monoisotopic (exact) mass is 250 g/mol. The molecule has 0 unspecified atom stereocenters. The second kappa shape index (κ2) is 3.91. The quantitative estimate of drug-likeness (QED) is 0.845. The third kappa shape index (κ3) is 1.76. The number of allylic oxidation sites excluding steroid dienone is 2. The Morgan fingerprint density at radius 1 is 1.32 bits per heavy atom. The van der Waals surface area contributed by atoms with Crippen LogP contribution in [0.5, 0.6) is 5.88 Å². The SMILES string of the molecule is C1=NC2=CN=C(Oc3cc4cc[nH]c4cn3)CC2=C1. The van der Waals surface area contributed by atoms with Crippen LogP contribution < -0.4 is 4.74 Å². The maximum absolute atomic E-state index is 5.72. The average Bonchev–Trinajstić information content (AvgIpc) is 3.05. The topological polar surface area (TPSA) is 62.6 Å². The van der Waals surface area contributed by atoms with Crippen LogP contribution in [0.25, 0.3) is 10.9 Å². The normalized spacial score (nSPS) is 16.9. The first-order valence-electron chi connectivity index (χ1n) is 6.00. The molecule has 1 N–H and O–H groups in total. The van der Waals surface area contributed by atoms with Crippen LogP contribution in [0, 0.1) is 0 Å². The Labute approximate surface area is 109 Å². The van der Waals surface area contributed by atoms with Crippen molar-refractivity contribution in [2.24, 2.45) is 9.98 Å². The summed E-state index contributed by atoms with van der Waals surface area (Å²) in [6.07, 6.45) is 9.77. The van der Waals surface area contributed by atoms with E-state index >= 15 is 0 Å². The standard InChI is InChI=1S/C14H10N4O/c1-3-15-11-7-17-13(5-9(1)11)19-14-6-10-2-4-16-12(10)8-18-14/h1-5,7-8,15H,6H2. The van der Waals surface area contributed by atoms with Gasteiger partial charge in [0.05, 0.1) is 30.0 Å². The van der Waals surface area contributed by atoms with E-state index in [0.29, 0.717) is 18.2 Å². The summed E-state index contributed by atoms with van der Waals surface area (Å²) in [6, 6.07) is 3.88. The molecule has 4 rings (SSSR count). The van der Waals surface area contributed by atoms with Crippen LogP contribution in [0.3, 0.4) is 0 Å². The van der Waals surface area contributed by atoms with Gasteiger partial charge < -0.3 is 9.72 Å². The molecule has 2 aliphatic heterocycles. The Morgan fingerprint density at radius 3 is 3.32 bits per heavy atom. The number of hydrogen-bond donors (Lipinski definition) is 1. The maximum atomic E-state index is 5.72. The molecule has 0 aromatic carbocycles. The van der Waals surface area contributed by atoms with Gasteiger partial charge in [-0.2, -0.15) is 0 Å². The lowest BCUT2D eigenvalue weighted by Gasteiger charge is -2.12. The Kier molecular flexibility index (Phi) is 2.11. The second-order valence-electron chi connectivity index (χ2n) is 4.37. The lowest BCUT2D eigenvalue weighted by atomic mass is 10.1. The van der Waals surface area contributed by atoms with Crippen molar-refractivity contribution < 1.29 is 4.74 Å². The highest BCUT2D eigenvalue weighted by atomic mass is 16.5. The first kappa shape index (κ1) is 10.3. The minimum atomic E-state index is 0.558. The van der Waals surface area contributed by atoms with Gasteiger partial charge in [-0.25, -0.2) is 9.98 Å². The number of H-pyrrole nitrogens is 1. The van der Waals surface area contributed by atoms with Gasteiger partial charge in [0.15, 0.2) is 0 Å². The van der Waals surface area contributed by atoms with Gasteiger partial charge in [-0.15, -0.1) is 0 Å². The zero-order valence-electron chi connectivity index (χ0n) is 10.00. The predicted molar refractivity (Wildman–Crippen MR) is 73.4 cm³/mol. The van der Waals surface area contributed by atoms with Gasteiger partial charge in [0.2, 0.25) is 11.8 Å². The molecule has 0 radical (unpaired) electrons. The van der Waals surface area contributed by atoms with E-state index < -0.39 is 0 Å². The molecule has 2 aliphatic rings. The van der Waals surface area contributed by atoms with E-state index in [1.165, 1.54) is 0 Å². The molecular formula is C14H10N4O. The number of nitrogens with one attached hydrogen (secondary N) is 1. The summed E-state index contributed by atoms with van der Waals surface area (Å²) in [7, 11) is 0. The van der Waals surface area contributed by atoms with E-state index in [9.17, 15) is 0 Å². The van der Waals surface area contributed by atoms with Gasteiger partial charge in [0.25, 0.3) is 0 Å². The molecule has 0 saturated carbocycles. The van der Waals surface area contributed by atoms with Crippen molar-refractivity contribution in [1.82, 2.24) is 9.97 Å². The van der Waals surface area contributed by atoms with Crippen molar-refractivity contribution in [2.45, 2.75) is 6.42 Å². The summed E-state index contributed by atoms with van der Waals surface area (Å²) in [4.78, 5) is 15.8. The van der Waals surface area contributed by atoms with Gasteiger partial charge in [0, 0.05) is 23.9 Å². The summed E-state index contributed by atoms with van der Waals surface area (Å²) in [6.45, 7) is 0. The summed E-state index contributed by atoms with van der Waals surface area (Å²) in [5.41, 5.74) is 3.04. The highest BCUT2D eigenvalue weighted by Crippen LogP contribution is 2.25. The third-order valence-electron chi connectivity index (χ3n) is 3.13. The molecular weight excluding hydrogens is 240 g/mol. The second-order valence-corrected chi connectivity index (χ2v) is 4.37. The number of pyridine rings is 1. The molecule has 19 heavy (non-hydrogen) atoms. The van der Waals surface area contributed by atoms with Crippen LogP contribution in [0.2, 0.25) is 0 Å². The van der Waals surface area contributed by atoms with E-state index in [-0.39, 0.29) is 0 Å². The molecule has 0 atom stereocenters. The minimum absolute atomic E-state index is 0.558. The van der Waals surface area contributed by atoms with E-state index in [4.69, 9.17) is 4.74 Å². The minimum Gasteiger partial charge on any atom is -0.424 e. The van der Waals surface area contributed by atoms with Crippen LogP contribution in [-0.4, -0.2) is 22.1 Å². The zero-order valence-corrected chi connectivity index (χ0v) is 10.00. The highest BCUT2D eigenvalue weighted by molar-refractivity contribution is 5.89. The molecule has 4 heterocycles. The van der Waals surface area contributed by atoms with Crippen molar-refractivity contribution >= 4 is 23.0 Å². The zero-order chi connectivity index (χ0) is 12.7. The summed E-state index contributed by atoms with van der Waals surface area (Å²) in [5.74, 6) is 1.20. The molecule has 92 valence electrons. The first-order chi connectivity index (χ1) is 9.38. The molecule has 0 spiro atoms. The number of fused-ring (bicyclic) bond motifs is 2. The molecule has 5 nitrogen and oxygen atoms in total. The smallest absolute Gasteiger partial charge is 0.221 e. The predicted octanol–water partition coefficient (Wildman–Crippen LogP) is 2.60. The van der Waals surface area contributed by atoms with Gasteiger partial charge in [-0.05, 0) is 17.7 Å². The summed E-state index contributed by atoms with van der Waals surface area (Å²) >= 11 is 0. The van der Waals surface area contributed by atoms with Crippen LogP contribution in [0.4, 0.5) is 0 Å². The number of rotatable bonds is 1. The maximum Gasteiger partial charge on any atom is 0.221 e. The van der Waals surface area contributed by atoms with E-state index in [2.05, 4.69) is 20.0 Å². The number of hydrogen-bond acceptors (Lipinski definition) is 4. The van der Waals surface area contributed by atoms with Crippen molar-refractivity contribution in [3.63, 3.8) is 0 Å². The Hall–Kier alpha value is -2.69. The fourth-order valence-corrected chi connectivity index (χ4v) is 2.15. The molecule has 0 bridgehead atoms. The summed E-state index contributed by atoms with van der Waals surface area (Å²) in [5, 5.41) is 1.07. The van der Waals surface area contributed by atoms with Crippen LogP contribution in [-0.2, 0) is 0 Å². The Morgan fingerprint density at radius 2 is 2.32 bits per heavy atom. The lowest BCUT2D eigenvalue weighted by molar-refractivity contribution is 0.516. The van der Waals surface area contributed by atoms with Crippen LogP contribution in [0.1, 0.15) is 6.42 Å². The largest absolute Gasteiger partial charge is 0.424 e. The molecule has 2 aromatic heterocycles. The Bertz CT molecular complexity index is 780. The number of aliphatic imine (C=N–C) groups is 2. The number of nitrogens with zero attached hydrogens (tertiary/aromatic N) is 3. The number of aromatic nitrogens is 2. The van der Waals surface area contributed by atoms with E-state index in [1.54, 1.807) is 18.6 Å². The Balaban J connectivity index is 1.61. The van der Waals surface area contributed by atoms with E-state index in [1.807, 2.05) is 24.4 Å². The van der Waals surface area contributed by atoms with E-state index in [0.717, 1.165) is 22.2 Å². The van der Waals surface area contributed by atoms with Gasteiger partial charge in [-0.3, -0.25) is 4.99 Å². The van der Waals surface area contributed by atoms with Crippen LogP contribution >= 0.6 is 0 Å². The van der Waals surface area contributed by atoms with Gasteiger partial charge >= 0.3 is 0 Å². The van der Waals surface area contributed by atoms with Crippen molar-refractivity contribution in [1.29, 1.82) is 0 Å². The molecule has 0 saturated heterocycles. The molecule has 2 aromatic rings. The highest BCUT2D eigenvalue weighted by Gasteiger charge is 2.17. The lowest BCUT2D eigenvalue weighted by Crippen LogP contribution is -2.12. The fraction of sp³-hybridized carbons (Fsp3) is 0.0714. The third-order valence-corrected chi connectivity index (χ3v) is 3.13. The molecule has 0 amide bonds. The molecule has 5 heteroatoms.